The Morgan fingerprint density at radius 3 is 2.39 bits per heavy atom. The average molecular weight is 237 g/mol. The lowest BCUT2D eigenvalue weighted by Crippen LogP contribution is -1.89. The minimum absolute atomic E-state index is 0.349. The van der Waals surface area contributed by atoms with Crippen LogP contribution < -0.4 is 0 Å². The average Bonchev–Trinajstić information content (AvgIpc) is 3.19. The quantitative estimate of drug-likeness (QED) is 0.853. The fourth-order valence-corrected chi connectivity index (χ4v) is 2.49. The molecule has 2 aromatic rings. The second-order valence-electron chi connectivity index (χ2n) is 5.00. The molecule has 1 nitrogen and oxygen atoms in total. The van der Waals surface area contributed by atoms with E-state index >= 15 is 0 Å². The third-order valence-corrected chi connectivity index (χ3v) is 3.66. The van der Waals surface area contributed by atoms with Gasteiger partial charge in [-0.25, -0.2) is 0 Å². The topological polar surface area (TPSA) is 20.2 Å². The number of phenols is 1. The standard InChI is InChI=1S/C17H17O/c18-16-10-7-13(8-11-16)6-9-15-12-17(15)14-4-2-1-3-5-14/h1-5,7-8,10-11,15,18H,6,9,12H2. The van der Waals surface area contributed by atoms with Crippen molar-refractivity contribution in [2.24, 2.45) is 5.92 Å². The van der Waals surface area contributed by atoms with Gasteiger partial charge in [-0.3, -0.25) is 0 Å². The maximum absolute atomic E-state index is 9.23. The number of benzene rings is 2. The van der Waals surface area contributed by atoms with Gasteiger partial charge in [0.25, 0.3) is 0 Å². The fourth-order valence-electron chi connectivity index (χ4n) is 2.49. The molecule has 0 aliphatic heterocycles. The molecule has 0 amide bonds. The highest BCUT2D eigenvalue weighted by Gasteiger charge is 2.37. The zero-order valence-electron chi connectivity index (χ0n) is 10.3. The van der Waals surface area contributed by atoms with E-state index < -0.39 is 0 Å². The summed E-state index contributed by atoms with van der Waals surface area (Å²) in [6, 6.07) is 18.3. The van der Waals surface area contributed by atoms with E-state index in [4.69, 9.17) is 0 Å². The lowest BCUT2D eigenvalue weighted by atomic mass is 10.0. The van der Waals surface area contributed by atoms with Gasteiger partial charge in [-0.05, 0) is 48.4 Å². The summed E-state index contributed by atoms with van der Waals surface area (Å²) in [6.45, 7) is 0. The molecule has 0 aromatic heterocycles. The van der Waals surface area contributed by atoms with Crippen molar-refractivity contribution < 1.29 is 5.11 Å². The molecule has 0 heterocycles. The number of rotatable bonds is 4. The van der Waals surface area contributed by atoms with Crippen molar-refractivity contribution in [2.75, 3.05) is 0 Å². The summed E-state index contributed by atoms with van der Waals surface area (Å²) in [5, 5.41) is 9.23. The summed E-state index contributed by atoms with van der Waals surface area (Å²) in [5.41, 5.74) is 2.72. The van der Waals surface area contributed by atoms with Crippen LogP contribution in [0, 0.1) is 11.8 Å². The van der Waals surface area contributed by atoms with E-state index in [0.717, 1.165) is 12.3 Å². The Morgan fingerprint density at radius 1 is 0.944 bits per heavy atom. The summed E-state index contributed by atoms with van der Waals surface area (Å²) in [7, 11) is 0. The number of hydrogen-bond acceptors (Lipinski definition) is 1. The van der Waals surface area contributed by atoms with E-state index in [0.29, 0.717) is 5.75 Å². The number of phenolic OH excluding ortho intramolecular Hbond substituents is 1. The maximum Gasteiger partial charge on any atom is 0.115 e. The molecule has 1 aliphatic rings. The zero-order chi connectivity index (χ0) is 12.4. The summed E-state index contributed by atoms with van der Waals surface area (Å²) in [6.07, 6.45) is 3.57. The van der Waals surface area contributed by atoms with Crippen LogP contribution >= 0.6 is 0 Å². The molecule has 18 heavy (non-hydrogen) atoms. The summed E-state index contributed by atoms with van der Waals surface area (Å²) in [5.74, 6) is 2.72. The number of aryl methyl sites for hydroxylation is 1. The van der Waals surface area contributed by atoms with Gasteiger partial charge in [-0.1, -0.05) is 42.5 Å². The minimum Gasteiger partial charge on any atom is -0.508 e. The molecule has 1 atom stereocenters. The highest BCUT2D eigenvalue weighted by molar-refractivity contribution is 5.40. The monoisotopic (exact) mass is 237 g/mol. The molecule has 1 fully saturated rings. The molecule has 0 bridgehead atoms. The van der Waals surface area contributed by atoms with Crippen LogP contribution in [0.3, 0.4) is 0 Å². The lowest BCUT2D eigenvalue weighted by molar-refractivity contribution is 0.475. The van der Waals surface area contributed by atoms with Crippen molar-refractivity contribution in [1.29, 1.82) is 0 Å². The van der Waals surface area contributed by atoms with Crippen molar-refractivity contribution in [2.45, 2.75) is 19.3 Å². The molecule has 2 aromatic carbocycles. The first-order valence-electron chi connectivity index (χ1n) is 6.52. The van der Waals surface area contributed by atoms with Crippen LogP contribution in [0.2, 0.25) is 0 Å². The molecule has 1 aliphatic carbocycles. The maximum atomic E-state index is 9.23. The molecule has 0 saturated heterocycles. The molecule has 91 valence electrons. The largest absolute Gasteiger partial charge is 0.508 e. The highest BCUT2D eigenvalue weighted by atomic mass is 16.3. The molecule has 1 unspecified atom stereocenters. The van der Waals surface area contributed by atoms with E-state index in [1.165, 1.54) is 24.0 Å². The Bertz CT molecular complexity index is 501. The van der Waals surface area contributed by atoms with Gasteiger partial charge in [0.05, 0.1) is 0 Å². The molecule has 3 rings (SSSR count). The van der Waals surface area contributed by atoms with E-state index in [1.807, 2.05) is 12.1 Å². The molecule has 1 saturated carbocycles. The van der Waals surface area contributed by atoms with Crippen molar-refractivity contribution in [1.82, 2.24) is 0 Å². The Balaban J connectivity index is 1.53. The fraction of sp³-hybridized carbons (Fsp3) is 0.235. The van der Waals surface area contributed by atoms with Gasteiger partial charge in [-0.2, -0.15) is 0 Å². The molecule has 1 N–H and O–H groups in total. The molecular formula is C17H17O. The van der Waals surface area contributed by atoms with E-state index in [2.05, 4.69) is 30.3 Å². The minimum atomic E-state index is 0.349. The Kier molecular flexibility index (Phi) is 3.06. The summed E-state index contributed by atoms with van der Waals surface area (Å²) in [4.78, 5) is 0. The van der Waals surface area contributed by atoms with E-state index in [9.17, 15) is 5.11 Å². The third-order valence-electron chi connectivity index (χ3n) is 3.66. The lowest BCUT2D eigenvalue weighted by Gasteiger charge is -2.02. The highest BCUT2D eigenvalue weighted by Crippen LogP contribution is 2.48. The summed E-state index contributed by atoms with van der Waals surface area (Å²) >= 11 is 0. The van der Waals surface area contributed by atoms with Crippen LogP contribution in [0.1, 0.15) is 24.0 Å². The van der Waals surface area contributed by atoms with Crippen LogP contribution in [-0.4, -0.2) is 5.11 Å². The van der Waals surface area contributed by atoms with Crippen molar-refractivity contribution in [3.05, 3.63) is 71.6 Å². The first-order valence-corrected chi connectivity index (χ1v) is 6.52. The van der Waals surface area contributed by atoms with Crippen LogP contribution in [0.15, 0.2) is 54.6 Å². The van der Waals surface area contributed by atoms with Crippen LogP contribution in [0.25, 0.3) is 0 Å². The van der Waals surface area contributed by atoms with E-state index in [-0.39, 0.29) is 0 Å². The smallest absolute Gasteiger partial charge is 0.115 e. The molecule has 1 heteroatoms. The van der Waals surface area contributed by atoms with Gasteiger partial charge in [0, 0.05) is 5.92 Å². The van der Waals surface area contributed by atoms with Crippen LogP contribution in [0.4, 0.5) is 0 Å². The second kappa shape index (κ2) is 4.85. The van der Waals surface area contributed by atoms with Gasteiger partial charge in [0.1, 0.15) is 5.75 Å². The molecule has 1 radical (unpaired) electrons. The Morgan fingerprint density at radius 2 is 1.67 bits per heavy atom. The predicted molar refractivity (Wildman–Crippen MR) is 73.3 cm³/mol. The summed E-state index contributed by atoms with van der Waals surface area (Å²) < 4.78 is 0. The molecular weight excluding hydrogens is 220 g/mol. The van der Waals surface area contributed by atoms with Gasteiger partial charge >= 0.3 is 0 Å². The van der Waals surface area contributed by atoms with Crippen LogP contribution in [-0.2, 0) is 6.42 Å². The number of hydrogen-bond donors (Lipinski definition) is 1. The van der Waals surface area contributed by atoms with Crippen molar-refractivity contribution >= 4 is 0 Å². The van der Waals surface area contributed by atoms with E-state index in [1.54, 1.807) is 18.1 Å². The second-order valence-corrected chi connectivity index (χ2v) is 5.00. The normalized spacial score (nSPS) is 18.8. The first-order chi connectivity index (χ1) is 8.83. The Labute approximate surface area is 108 Å². The first kappa shape index (κ1) is 11.3. The van der Waals surface area contributed by atoms with Gasteiger partial charge in [0.15, 0.2) is 0 Å². The Hall–Kier alpha value is -1.76. The van der Waals surface area contributed by atoms with Crippen LogP contribution in [0.5, 0.6) is 5.75 Å². The van der Waals surface area contributed by atoms with Crippen molar-refractivity contribution in [3.8, 4) is 5.75 Å². The number of aromatic hydroxyl groups is 1. The third kappa shape index (κ3) is 2.56. The van der Waals surface area contributed by atoms with Gasteiger partial charge in [-0.15, -0.1) is 0 Å². The predicted octanol–water partition coefficient (Wildman–Crippen LogP) is 3.97. The molecule has 0 spiro atoms. The van der Waals surface area contributed by atoms with Gasteiger partial charge in [0.2, 0.25) is 0 Å². The van der Waals surface area contributed by atoms with Gasteiger partial charge < -0.3 is 5.11 Å². The van der Waals surface area contributed by atoms with Crippen molar-refractivity contribution in [3.63, 3.8) is 0 Å². The zero-order valence-corrected chi connectivity index (χ0v) is 10.3. The SMILES string of the molecule is Oc1ccc(CCC2C[C]2c2ccccc2)cc1.